The van der Waals surface area contributed by atoms with E-state index in [1.807, 2.05) is 18.2 Å². The van der Waals surface area contributed by atoms with Crippen molar-refractivity contribution in [1.29, 1.82) is 0 Å². The van der Waals surface area contributed by atoms with Gasteiger partial charge in [0.2, 0.25) is 0 Å². The molecule has 0 aliphatic carbocycles. The van der Waals surface area contributed by atoms with Crippen LogP contribution in [-0.2, 0) is 20.1 Å². The van der Waals surface area contributed by atoms with Crippen molar-refractivity contribution >= 4 is 32.5 Å². The van der Waals surface area contributed by atoms with Crippen molar-refractivity contribution in [2.75, 3.05) is 0 Å². The first kappa shape index (κ1) is 36.8. The summed E-state index contributed by atoms with van der Waals surface area (Å²) in [4.78, 5) is 9.49. The van der Waals surface area contributed by atoms with Crippen molar-refractivity contribution in [2.24, 2.45) is 0 Å². The van der Waals surface area contributed by atoms with Crippen molar-refractivity contribution in [2.45, 2.75) is 34.5 Å². The van der Waals surface area contributed by atoms with E-state index in [2.05, 4.69) is 176 Å². The molecule has 1 radical (unpaired) electrons. The molecular formula is C55H43IrN3S-2. The normalized spacial score (nSPS) is 11.9. The molecule has 7 aromatic carbocycles. The largest absolute Gasteiger partial charge is 0.332 e. The summed E-state index contributed by atoms with van der Waals surface area (Å²) in [6.07, 6.45) is 1.39. The van der Waals surface area contributed by atoms with Gasteiger partial charge >= 0.3 is 0 Å². The number of para-hydroxylation sites is 2. The Labute approximate surface area is 374 Å². The van der Waals surface area contributed by atoms with E-state index >= 15 is 0 Å². The Balaban J connectivity index is 0.000000271. The number of rotatable bonds is 6. The first-order chi connectivity index (χ1) is 30.0. The quantitative estimate of drug-likeness (QED) is 0.155. The second kappa shape index (κ2) is 17.5. The Morgan fingerprint density at radius 2 is 1.27 bits per heavy atom. The molecule has 3 nitrogen and oxygen atoms in total. The van der Waals surface area contributed by atoms with Gasteiger partial charge in [-0.2, -0.15) is 0 Å². The van der Waals surface area contributed by atoms with Gasteiger partial charge < -0.3 is 9.55 Å². The molecule has 295 valence electrons. The van der Waals surface area contributed by atoms with Gasteiger partial charge in [0.25, 0.3) is 0 Å². The van der Waals surface area contributed by atoms with Crippen molar-refractivity contribution in [3.63, 3.8) is 0 Å². The molecule has 0 saturated carbocycles. The van der Waals surface area contributed by atoms with E-state index in [9.17, 15) is 0 Å². The molecule has 0 fully saturated rings. The van der Waals surface area contributed by atoms with Gasteiger partial charge in [-0.05, 0) is 109 Å². The average molecular weight is 973 g/mol. The molecule has 0 aliphatic heterocycles. The zero-order chi connectivity index (χ0) is 43.0. The van der Waals surface area contributed by atoms with E-state index in [1.54, 1.807) is 29.5 Å². The first-order valence-corrected chi connectivity index (χ1v) is 20.5. The summed E-state index contributed by atoms with van der Waals surface area (Å²) in [5.41, 5.74) is 18.4. The third-order valence-electron chi connectivity index (χ3n) is 10.7. The van der Waals surface area contributed by atoms with E-state index in [4.69, 9.17) is 9.10 Å². The summed E-state index contributed by atoms with van der Waals surface area (Å²) >= 11 is 1.66. The third kappa shape index (κ3) is 8.05. The molecule has 0 bridgehead atoms. The van der Waals surface area contributed by atoms with Crippen LogP contribution in [-0.4, -0.2) is 14.5 Å². The van der Waals surface area contributed by atoms with E-state index in [0.717, 1.165) is 39.4 Å². The molecule has 0 spiro atoms. The van der Waals surface area contributed by atoms with Crippen LogP contribution in [0.2, 0.25) is 0 Å². The fourth-order valence-corrected chi connectivity index (χ4v) is 8.97. The van der Waals surface area contributed by atoms with Gasteiger partial charge in [0.05, 0.1) is 22.5 Å². The number of nitrogens with zero attached hydrogens (tertiary/aromatic N) is 3. The van der Waals surface area contributed by atoms with Crippen LogP contribution in [0.25, 0.3) is 82.8 Å². The second-order valence-electron chi connectivity index (χ2n) is 15.0. The maximum absolute atomic E-state index is 7.23. The molecule has 10 rings (SSSR count). The fourth-order valence-electron chi connectivity index (χ4n) is 8.15. The number of aryl methyl sites for hydroxylation is 5. The van der Waals surface area contributed by atoms with Gasteiger partial charge in [-0.25, -0.2) is 0 Å². The van der Waals surface area contributed by atoms with Crippen LogP contribution in [0.4, 0.5) is 0 Å². The van der Waals surface area contributed by atoms with Gasteiger partial charge in [-0.15, -0.1) is 41.3 Å². The van der Waals surface area contributed by atoms with Gasteiger partial charge in [0.1, 0.15) is 0 Å². The second-order valence-corrected chi connectivity index (χ2v) is 15.8. The molecule has 5 heteroatoms. The summed E-state index contributed by atoms with van der Waals surface area (Å²) in [5, 5.41) is 4.88. The number of aromatic nitrogens is 3. The molecule has 0 saturated heterocycles. The van der Waals surface area contributed by atoms with E-state index in [1.165, 1.54) is 71.9 Å². The maximum Gasteiger partial charge on any atom is 0.0774 e. The van der Waals surface area contributed by atoms with Crippen molar-refractivity contribution in [3.05, 3.63) is 209 Å². The maximum atomic E-state index is 7.23. The van der Waals surface area contributed by atoms with Gasteiger partial charge in [0.15, 0.2) is 0 Å². The number of fused-ring (bicyclic) bond motifs is 2. The Bertz CT molecular complexity index is 3110. The summed E-state index contributed by atoms with van der Waals surface area (Å²) in [6, 6.07) is 59.7. The van der Waals surface area contributed by atoms with Crippen LogP contribution in [0.15, 0.2) is 170 Å². The minimum atomic E-state index is -2.09. The van der Waals surface area contributed by atoms with Crippen LogP contribution in [0.3, 0.4) is 0 Å². The Hall–Kier alpha value is -6.23. The third-order valence-corrected chi connectivity index (χ3v) is 11.5. The van der Waals surface area contributed by atoms with Crippen LogP contribution < -0.4 is 0 Å². The zero-order valence-corrected chi connectivity index (χ0v) is 37.0. The van der Waals surface area contributed by atoms with Gasteiger partial charge in [0, 0.05) is 41.5 Å². The zero-order valence-electron chi connectivity index (χ0n) is 36.7. The number of pyridine rings is 1. The average Bonchev–Trinajstić information content (AvgIpc) is 3.88. The molecule has 0 amide bonds. The predicted molar refractivity (Wildman–Crippen MR) is 249 cm³/mol. The van der Waals surface area contributed by atoms with Crippen LogP contribution in [0, 0.1) is 46.0 Å². The fraction of sp³-hybridized carbons (Fsp3) is 0.0909. The predicted octanol–water partition coefficient (Wildman–Crippen LogP) is 14.8. The van der Waals surface area contributed by atoms with Crippen LogP contribution in [0.5, 0.6) is 0 Å². The van der Waals surface area contributed by atoms with Crippen molar-refractivity contribution in [3.8, 4) is 61.7 Å². The topological polar surface area (TPSA) is 30.7 Å². The molecule has 10 aromatic rings. The standard InChI is InChI=1S/C43H33N2S.C12H10N.Ir/c1-27-21-29(3)41(30(4)22-27)33-19-20-40-36(25-33)37(26-46-40)43-44-38-17-11-12-18-39(38)45(43)42-34(31-13-7-5-8-14-31)23-28(2)24-35(42)32-15-9-6-10-16-32;1-10-7-8-12(13-9-10)11-5-3-2-4-6-11;/h5-25H,1-4H3;2-5,7-9H,1H3;/q2*-1;/i;1D3;. The van der Waals surface area contributed by atoms with E-state index in [-0.39, 0.29) is 25.7 Å². The summed E-state index contributed by atoms with van der Waals surface area (Å²) in [5.74, 6) is 0.903. The minimum Gasteiger partial charge on any atom is -0.332 e. The van der Waals surface area contributed by atoms with Crippen LogP contribution in [0.1, 0.15) is 31.9 Å². The minimum absolute atomic E-state index is 0. The smallest absolute Gasteiger partial charge is 0.0774 e. The number of hydrogen-bond donors (Lipinski definition) is 0. The van der Waals surface area contributed by atoms with Gasteiger partial charge in [-0.1, -0.05) is 136 Å². The Kier molecular flexibility index (Phi) is 10.8. The molecular weight excluding hydrogens is 927 g/mol. The summed E-state index contributed by atoms with van der Waals surface area (Å²) < 4.78 is 25.3. The number of hydrogen-bond acceptors (Lipinski definition) is 3. The summed E-state index contributed by atoms with van der Waals surface area (Å²) in [6.45, 7) is 6.70. The van der Waals surface area contributed by atoms with Crippen LogP contribution >= 0.6 is 11.3 Å². The number of benzene rings is 7. The SMILES string of the molecule is Cc1cc(C)c(-c2ccc3s[c-]c(-c4nc5ccccc5n4-c4c(-c5ccccc5)cc(C)cc4-c4ccccc4)c3c2)c(C)c1.[2H]C([2H])([2H])c1ccc(-c2[c-]cccc2)nc1.[Ir]. The van der Waals surface area contributed by atoms with Gasteiger partial charge in [-0.3, -0.25) is 16.3 Å². The summed E-state index contributed by atoms with van der Waals surface area (Å²) in [7, 11) is 0. The van der Waals surface area contributed by atoms with Crippen molar-refractivity contribution in [1.82, 2.24) is 14.5 Å². The van der Waals surface area contributed by atoms with E-state index < -0.39 is 6.85 Å². The van der Waals surface area contributed by atoms with E-state index in [0.29, 0.717) is 0 Å². The molecule has 3 heterocycles. The first-order valence-electron chi connectivity index (χ1n) is 21.2. The molecule has 0 unspecified atom stereocenters. The molecule has 0 N–H and O–H groups in total. The molecule has 0 atom stereocenters. The molecule has 0 aliphatic rings. The Morgan fingerprint density at radius 3 is 1.90 bits per heavy atom. The number of imidazole rings is 1. The molecule has 60 heavy (non-hydrogen) atoms. The van der Waals surface area contributed by atoms with Crippen molar-refractivity contribution < 1.29 is 24.2 Å². The Morgan fingerprint density at radius 1 is 0.617 bits per heavy atom. The molecule has 3 aromatic heterocycles. The monoisotopic (exact) mass is 973 g/mol. The number of thiophene rings is 1.